The van der Waals surface area contributed by atoms with E-state index in [2.05, 4.69) is 34.7 Å². The smallest absolute Gasteiger partial charge is 0.279 e. The molecule has 3 heterocycles. The van der Waals surface area contributed by atoms with Crippen molar-refractivity contribution in [3.8, 4) is 17.6 Å². The molecular formula is C33H31N5O4S2. The van der Waals surface area contributed by atoms with E-state index in [1.54, 1.807) is 28.8 Å². The van der Waals surface area contributed by atoms with E-state index >= 15 is 0 Å². The molecule has 1 N–H and O–H groups in total. The maximum atomic E-state index is 14.0. The van der Waals surface area contributed by atoms with Gasteiger partial charge in [-0.05, 0) is 78.4 Å². The largest absolute Gasteiger partial charge is 0.497 e. The van der Waals surface area contributed by atoms with E-state index in [-0.39, 0.29) is 27.2 Å². The first-order valence-corrected chi connectivity index (χ1v) is 16.2. The van der Waals surface area contributed by atoms with E-state index in [0.717, 1.165) is 29.4 Å². The second-order valence-electron chi connectivity index (χ2n) is 10.5. The summed E-state index contributed by atoms with van der Waals surface area (Å²) in [6.45, 7) is 2.46. The van der Waals surface area contributed by atoms with Crippen molar-refractivity contribution in [3.63, 3.8) is 0 Å². The zero-order valence-electron chi connectivity index (χ0n) is 24.6. The van der Waals surface area contributed by atoms with Gasteiger partial charge in [0.1, 0.15) is 27.3 Å². The number of nitrogens with one attached hydrogen (secondary N) is 1. The van der Waals surface area contributed by atoms with Crippen LogP contribution < -0.4 is 19.7 Å². The lowest BCUT2D eigenvalue weighted by atomic mass is 10.0. The number of fused-ring (bicyclic) bond motifs is 1. The van der Waals surface area contributed by atoms with Gasteiger partial charge >= 0.3 is 0 Å². The molecule has 6 rings (SSSR count). The number of anilines is 2. The lowest BCUT2D eigenvalue weighted by Gasteiger charge is -2.38. The monoisotopic (exact) mass is 625 g/mol. The predicted molar refractivity (Wildman–Crippen MR) is 174 cm³/mol. The van der Waals surface area contributed by atoms with Gasteiger partial charge in [0, 0.05) is 11.3 Å². The van der Waals surface area contributed by atoms with Crippen molar-refractivity contribution in [1.29, 1.82) is 5.26 Å². The van der Waals surface area contributed by atoms with Crippen LogP contribution in [0.1, 0.15) is 50.9 Å². The highest BCUT2D eigenvalue weighted by Gasteiger charge is 2.39. The minimum absolute atomic E-state index is 0.155. The van der Waals surface area contributed by atoms with Crippen LogP contribution in [0.4, 0.5) is 11.4 Å². The summed E-state index contributed by atoms with van der Waals surface area (Å²) >= 11 is 3.88. The molecule has 11 heteroatoms. The Morgan fingerprint density at radius 2 is 1.70 bits per heavy atom. The van der Waals surface area contributed by atoms with Gasteiger partial charge in [0.25, 0.3) is 11.8 Å². The Labute approximate surface area is 264 Å². The van der Waals surface area contributed by atoms with E-state index in [1.165, 1.54) is 30.5 Å². The van der Waals surface area contributed by atoms with Gasteiger partial charge in [-0.2, -0.15) is 10.4 Å². The number of aromatic nitrogens is 2. The van der Waals surface area contributed by atoms with Crippen molar-refractivity contribution in [2.45, 2.75) is 30.0 Å². The molecule has 44 heavy (non-hydrogen) atoms. The zero-order valence-corrected chi connectivity index (χ0v) is 26.2. The highest BCUT2D eigenvalue weighted by molar-refractivity contribution is 8.18. The minimum Gasteiger partial charge on any atom is -0.497 e. The van der Waals surface area contributed by atoms with Crippen LogP contribution in [0, 0.1) is 11.3 Å². The molecule has 0 bridgehead atoms. The molecule has 1 aromatic heterocycles. The molecule has 1 fully saturated rings. The number of ether oxygens (including phenoxy) is 2. The predicted octanol–water partition coefficient (Wildman–Crippen LogP) is 6.14. The van der Waals surface area contributed by atoms with Gasteiger partial charge < -0.3 is 19.7 Å². The Morgan fingerprint density at radius 3 is 2.34 bits per heavy atom. The molecule has 3 aromatic carbocycles. The fraction of sp³-hybridized carbons (Fsp3) is 0.273. The van der Waals surface area contributed by atoms with Crippen LogP contribution in [0.25, 0.3) is 0 Å². The normalized spacial score (nSPS) is 17.4. The van der Waals surface area contributed by atoms with Gasteiger partial charge in [0.2, 0.25) is 0 Å². The summed E-state index contributed by atoms with van der Waals surface area (Å²) < 4.78 is 12.0. The summed E-state index contributed by atoms with van der Waals surface area (Å²) in [6, 6.07) is 23.0. The number of carbonyl (C=O) groups excluding carboxylic acids is 2. The third-order valence-electron chi connectivity index (χ3n) is 7.86. The van der Waals surface area contributed by atoms with Gasteiger partial charge in [-0.1, -0.05) is 24.3 Å². The molecule has 224 valence electrons. The topological polar surface area (TPSA) is 109 Å². The number of amides is 2. The molecule has 2 aliphatic heterocycles. The number of nitrogens with zero attached hydrogens (tertiary/aromatic N) is 4. The molecule has 0 spiro atoms. The standard InChI is InChI=1S/C33H31N5O4S2/c1-21-20-37-30(28(19-35-37)36-31(39)22-5-14-29(42-3)23(17-22)18-34)32(40)38(21)26-10-6-24(7-11-26)33(43-15-4-16-44-33)25-8-12-27(41-2)13-9-25/h5-14,17,19,21H,4,15-16,20H2,1-3H3,(H,36,39)/t21-/m0/s1. The summed E-state index contributed by atoms with van der Waals surface area (Å²) in [6.07, 6.45) is 2.66. The number of rotatable bonds is 7. The van der Waals surface area contributed by atoms with Crippen molar-refractivity contribution in [2.24, 2.45) is 0 Å². The molecule has 0 aliphatic carbocycles. The van der Waals surface area contributed by atoms with E-state index in [1.807, 2.05) is 60.8 Å². The molecule has 0 radical (unpaired) electrons. The number of carbonyl (C=O) groups is 2. The first kappa shape index (κ1) is 29.7. The van der Waals surface area contributed by atoms with E-state index < -0.39 is 5.91 Å². The van der Waals surface area contributed by atoms with Crippen molar-refractivity contribution in [1.82, 2.24) is 9.78 Å². The van der Waals surface area contributed by atoms with Crippen LogP contribution >= 0.6 is 23.5 Å². The van der Waals surface area contributed by atoms with Crippen LogP contribution in [-0.4, -0.2) is 53.4 Å². The van der Waals surface area contributed by atoms with E-state index in [9.17, 15) is 14.9 Å². The van der Waals surface area contributed by atoms with Gasteiger partial charge in [-0.15, -0.1) is 23.5 Å². The van der Waals surface area contributed by atoms with Crippen molar-refractivity contribution >= 4 is 46.7 Å². The van der Waals surface area contributed by atoms with Crippen LogP contribution in [0.15, 0.2) is 72.9 Å². The van der Waals surface area contributed by atoms with Crippen molar-refractivity contribution < 1.29 is 19.1 Å². The lowest BCUT2D eigenvalue weighted by molar-refractivity contribution is 0.0948. The zero-order chi connectivity index (χ0) is 30.8. The third kappa shape index (κ3) is 5.29. The summed E-state index contributed by atoms with van der Waals surface area (Å²) in [5.74, 6) is 2.64. The second kappa shape index (κ2) is 12.3. The fourth-order valence-electron chi connectivity index (χ4n) is 5.67. The van der Waals surface area contributed by atoms with Gasteiger partial charge in [-0.3, -0.25) is 14.3 Å². The Bertz CT molecular complexity index is 1740. The number of nitriles is 1. The average molecular weight is 626 g/mol. The Hall–Kier alpha value is -4.40. The number of hydrogen-bond donors (Lipinski definition) is 1. The molecule has 4 aromatic rings. The minimum atomic E-state index is -0.450. The Kier molecular flexibility index (Phi) is 8.29. The van der Waals surface area contributed by atoms with E-state index in [4.69, 9.17) is 9.47 Å². The fourth-order valence-corrected chi connectivity index (χ4v) is 9.05. The number of thioether (sulfide) groups is 2. The Morgan fingerprint density at radius 1 is 1.02 bits per heavy atom. The molecule has 0 saturated carbocycles. The maximum Gasteiger partial charge on any atom is 0.279 e. The van der Waals surface area contributed by atoms with Gasteiger partial charge in [0.05, 0.1) is 44.3 Å². The first-order chi connectivity index (χ1) is 21.4. The number of benzene rings is 3. The third-order valence-corrected chi connectivity index (χ3v) is 11.3. The molecule has 2 aliphatic rings. The van der Waals surface area contributed by atoms with Crippen LogP contribution in [0.3, 0.4) is 0 Å². The highest BCUT2D eigenvalue weighted by Crippen LogP contribution is 2.55. The van der Waals surface area contributed by atoms with Crippen molar-refractivity contribution in [3.05, 3.63) is 101 Å². The number of methoxy groups -OCH3 is 2. The summed E-state index contributed by atoms with van der Waals surface area (Å²) in [7, 11) is 3.14. The van der Waals surface area contributed by atoms with Crippen LogP contribution in [0.2, 0.25) is 0 Å². The van der Waals surface area contributed by atoms with E-state index in [0.29, 0.717) is 23.7 Å². The van der Waals surface area contributed by atoms with Gasteiger partial charge in [-0.25, -0.2) is 0 Å². The Balaban J connectivity index is 1.27. The summed E-state index contributed by atoms with van der Waals surface area (Å²) in [4.78, 5) is 28.9. The molecule has 1 atom stereocenters. The highest BCUT2D eigenvalue weighted by atomic mass is 32.2. The molecule has 0 unspecified atom stereocenters. The molecule has 2 amide bonds. The molecule has 9 nitrogen and oxygen atoms in total. The lowest BCUT2D eigenvalue weighted by Crippen LogP contribution is -2.47. The number of hydrogen-bond acceptors (Lipinski definition) is 8. The summed E-state index contributed by atoms with van der Waals surface area (Å²) in [5.41, 5.74) is 4.31. The molecular weight excluding hydrogens is 595 g/mol. The molecule has 1 saturated heterocycles. The average Bonchev–Trinajstić information content (AvgIpc) is 3.47. The SMILES string of the molecule is COc1ccc(C2(c3ccc(N4C(=O)c5c(NC(=O)c6ccc(OC)c(C#N)c6)cnn5C[C@@H]4C)cc3)SCCCS2)cc1. The first-order valence-electron chi connectivity index (χ1n) is 14.2. The maximum absolute atomic E-state index is 14.0. The second-order valence-corrected chi connectivity index (χ2v) is 13.4. The van der Waals surface area contributed by atoms with Crippen LogP contribution in [0.5, 0.6) is 11.5 Å². The quantitative estimate of drug-likeness (QED) is 0.261. The summed E-state index contributed by atoms with van der Waals surface area (Å²) in [5, 5.41) is 16.6. The van der Waals surface area contributed by atoms with Crippen molar-refractivity contribution in [2.75, 3.05) is 35.9 Å². The van der Waals surface area contributed by atoms with Crippen LogP contribution in [-0.2, 0) is 10.6 Å². The van der Waals surface area contributed by atoms with Gasteiger partial charge in [0.15, 0.2) is 0 Å².